The number of amides is 1. The largest absolute Gasteiger partial charge is 0.487 e. The number of rotatable bonds is 4. The number of pyridine rings is 1. The molecule has 3 aromatic rings. The van der Waals surface area contributed by atoms with Crippen LogP contribution in [0.15, 0.2) is 67.1 Å². The van der Waals surface area contributed by atoms with Crippen molar-refractivity contribution in [3.63, 3.8) is 0 Å². The average Bonchev–Trinajstić information content (AvgIpc) is 2.81. The van der Waals surface area contributed by atoms with Gasteiger partial charge < -0.3 is 15.0 Å². The molecular weight excluding hydrogens is 390 g/mol. The molecule has 2 aromatic heterocycles. The van der Waals surface area contributed by atoms with Crippen molar-refractivity contribution in [2.45, 2.75) is 37.3 Å². The van der Waals surface area contributed by atoms with Crippen LogP contribution in [0.5, 0.6) is 5.75 Å². The summed E-state index contributed by atoms with van der Waals surface area (Å²) in [6.45, 7) is 1.64. The van der Waals surface area contributed by atoms with Crippen molar-refractivity contribution in [1.29, 1.82) is 0 Å². The fraction of sp³-hybridized carbons (Fsp3) is 0.333. The number of carbonyl (C=O) groups excluding carboxylic acids is 1. The standard InChI is InChI=1S/C24H25N5O2/c30-22(16-18-6-3-4-11-25-18)28-20-17-24(31-21-8-2-1-7-19(20)21)9-14-29(15-10-24)23-26-12-5-13-27-23/h1-8,11-13,20H,9-10,14-17H2,(H,28,30)/t20-/m1/s1. The van der Waals surface area contributed by atoms with Crippen LogP contribution >= 0.6 is 0 Å². The van der Waals surface area contributed by atoms with Crippen LogP contribution in [0.3, 0.4) is 0 Å². The highest BCUT2D eigenvalue weighted by atomic mass is 16.5. The van der Waals surface area contributed by atoms with Gasteiger partial charge in [-0.3, -0.25) is 9.78 Å². The molecule has 5 rings (SSSR count). The first-order valence-corrected chi connectivity index (χ1v) is 10.7. The van der Waals surface area contributed by atoms with E-state index in [9.17, 15) is 4.79 Å². The van der Waals surface area contributed by atoms with E-state index in [-0.39, 0.29) is 24.0 Å². The summed E-state index contributed by atoms with van der Waals surface area (Å²) in [6, 6.07) is 15.4. The molecule has 2 aliphatic heterocycles. The second-order valence-electron chi connectivity index (χ2n) is 8.18. The lowest BCUT2D eigenvalue weighted by molar-refractivity contribution is -0.122. The second-order valence-corrected chi connectivity index (χ2v) is 8.18. The number of carbonyl (C=O) groups is 1. The van der Waals surface area contributed by atoms with Gasteiger partial charge in [0.15, 0.2) is 0 Å². The molecule has 31 heavy (non-hydrogen) atoms. The Bertz CT molecular complexity index is 1040. The van der Waals surface area contributed by atoms with Crippen molar-refractivity contribution in [3.8, 4) is 5.75 Å². The molecule has 1 spiro atoms. The predicted octanol–water partition coefficient (Wildman–Crippen LogP) is 3.09. The third kappa shape index (κ3) is 4.21. The maximum atomic E-state index is 12.8. The van der Waals surface area contributed by atoms with Crippen LogP contribution in [0.25, 0.3) is 0 Å². The van der Waals surface area contributed by atoms with Gasteiger partial charge in [-0.05, 0) is 24.3 Å². The third-order valence-corrected chi connectivity index (χ3v) is 6.11. The van der Waals surface area contributed by atoms with Crippen LogP contribution in [0.4, 0.5) is 5.95 Å². The van der Waals surface area contributed by atoms with Gasteiger partial charge in [0.2, 0.25) is 11.9 Å². The number of fused-ring (bicyclic) bond motifs is 1. The highest BCUT2D eigenvalue weighted by Crippen LogP contribution is 2.44. The molecule has 1 saturated heterocycles. The van der Waals surface area contributed by atoms with Crippen LogP contribution < -0.4 is 15.0 Å². The molecule has 0 radical (unpaired) electrons. The van der Waals surface area contributed by atoms with E-state index in [1.165, 1.54) is 0 Å². The van der Waals surface area contributed by atoms with E-state index in [1.807, 2.05) is 48.5 Å². The van der Waals surface area contributed by atoms with Gasteiger partial charge in [-0.2, -0.15) is 0 Å². The summed E-state index contributed by atoms with van der Waals surface area (Å²) in [6.07, 6.45) is 7.98. The SMILES string of the molecule is O=C(Cc1ccccn1)N[C@@H]1CC2(CCN(c3ncccn3)CC2)Oc2ccccc21. The molecule has 0 aliphatic carbocycles. The quantitative estimate of drug-likeness (QED) is 0.705. The molecule has 0 saturated carbocycles. The van der Waals surface area contributed by atoms with Crippen LogP contribution in [-0.2, 0) is 11.2 Å². The van der Waals surface area contributed by atoms with Crippen molar-refractivity contribution >= 4 is 11.9 Å². The fourth-order valence-electron chi connectivity index (χ4n) is 4.53. The van der Waals surface area contributed by atoms with Gasteiger partial charge in [0, 0.05) is 62.2 Å². The number of piperidine rings is 1. The number of benzene rings is 1. The first kappa shape index (κ1) is 19.5. The number of para-hydroxylation sites is 1. The van der Waals surface area contributed by atoms with Crippen LogP contribution in [0.1, 0.15) is 36.6 Å². The third-order valence-electron chi connectivity index (χ3n) is 6.11. The molecule has 1 fully saturated rings. The summed E-state index contributed by atoms with van der Waals surface area (Å²) in [4.78, 5) is 28.0. The smallest absolute Gasteiger partial charge is 0.226 e. The molecule has 7 nitrogen and oxygen atoms in total. The Morgan fingerprint density at radius 1 is 1.00 bits per heavy atom. The number of nitrogens with one attached hydrogen (secondary N) is 1. The maximum Gasteiger partial charge on any atom is 0.226 e. The van der Waals surface area contributed by atoms with E-state index in [0.717, 1.165) is 55.3 Å². The van der Waals surface area contributed by atoms with Gasteiger partial charge in [-0.25, -0.2) is 9.97 Å². The molecular formula is C24H25N5O2. The molecule has 158 valence electrons. The summed E-state index contributed by atoms with van der Waals surface area (Å²) in [5.74, 6) is 1.60. The Kier molecular flexibility index (Phi) is 5.24. The zero-order chi connectivity index (χ0) is 21.1. The van der Waals surface area contributed by atoms with E-state index in [4.69, 9.17) is 4.74 Å². The normalized spacial score (nSPS) is 19.4. The molecule has 0 bridgehead atoms. The van der Waals surface area contributed by atoms with E-state index >= 15 is 0 Å². The number of hydrogen-bond donors (Lipinski definition) is 1. The number of nitrogens with zero attached hydrogens (tertiary/aromatic N) is 4. The predicted molar refractivity (Wildman–Crippen MR) is 117 cm³/mol. The van der Waals surface area contributed by atoms with Crippen molar-refractivity contribution in [3.05, 3.63) is 78.4 Å². The van der Waals surface area contributed by atoms with Crippen LogP contribution in [-0.4, -0.2) is 39.5 Å². The fourth-order valence-corrected chi connectivity index (χ4v) is 4.53. The minimum atomic E-state index is -0.303. The Morgan fingerprint density at radius 3 is 2.52 bits per heavy atom. The maximum absolute atomic E-state index is 12.8. The Balaban J connectivity index is 1.32. The summed E-state index contributed by atoms with van der Waals surface area (Å²) >= 11 is 0. The van der Waals surface area contributed by atoms with Gasteiger partial charge >= 0.3 is 0 Å². The van der Waals surface area contributed by atoms with Gasteiger partial charge in [0.25, 0.3) is 0 Å². The lowest BCUT2D eigenvalue weighted by Gasteiger charge is -2.47. The number of anilines is 1. The van der Waals surface area contributed by atoms with Gasteiger partial charge in [-0.1, -0.05) is 24.3 Å². The molecule has 4 heterocycles. The summed E-state index contributed by atoms with van der Waals surface area (Å²) in [7, 11) is 0. The Hall–Kier alpha value is -3.48. The van der Waals surface area contributed by atoms with Crippen molar-refractivity contribution < 1.29 is 9.53 Å². The average molecular weight is 415 g/mol. The summed E-state index contributed by atoms with van der Waals surface area (Å²) in [5, 5.41) is 3.24. The van der Waals surface area contributed by atoms with E-state index in [1.54, 1.807) is 18.6 Å². The second kappa shape index (κ2) is 8.34. The molecule has 1 atom stereocenters. The Morgan fingerprint density at radius 2 is 1.74 bits per heavy atom. The van der Waals surface area contributed by atoms with Gasteiger partial charge in [0.1, 0.15) is 11.4 Å². The topological polar surface area (TPSA) is 80.2 Å². The molecule has 1 amide bonds. The molecule has 1 N–H and O–H groups in total. The highest BCUT2D eigenvalue weighted by Gasteiger charge is 2.44. The molecule has 2 aliphatic rings. The lowest BCUT2D eigenvalue weighted by Crippen LogP contribution is -2.52. The number of aromatic nitrogens is 3. The van der Waals surface area contributed by atoms with Gasteiger partial charge in [0.05, 0.1) is 12.5 Å². The van der Waals surface area contributed by atoms with Crippen LogP contribution in [0.2, 0.25) is 0 Å². The van der Waals surface area contributed by atoms with E-state index in [2.05, 4.69) is 25.2 Å². The van der Waals surface area contributed by atoms with Crippen molar-refractivity contribution in [2.75, 3.05) is 18.0 Å². The minimum Gasteiger partial charge on any atom is -0.487 e. The number of ether oxygens (including phenoxy) is 1. The molecule has 7 heteroatoms. The van der Waals surface area contributed by atoms with Crippen LogP contribution in [0, 0.1) is 0 Å². The zero-order valence-electron chi connectivity index (χ0n) is 17.3. The number of hydrogen-bond acceptors (Lipinski definition) is 6. The highest BCUT2D eigenvalue weighted by molar-refractivity contribution is 5.78. The molecule has 0 unspecified atom stereocenters. The first-order valence-electron chi connectivity index (χ1n) is 10.7. The minimum absolute atomic E-state index is 0.0225. The first-order chi connectivity index (χ1) is 15.2. The van der Waals surface area contributed by atoms with Crippen molar-refractivity contribution in [1.82, 2.24) is 20.3 Å². The monoisotopic (exact) mass is 415 g/mol. The summed E-state index contributed by atoms with van der Waals surface area (Å²) < 4.78 is 6.54. The summed E-state index contributed by atoms with van der Waals surface area (Å²) in [5.41, 5.74) is 1.50. The van der Waals surface area contributed by atoms with E-state index in [0.29, 0.717) is 0 Å². The van der Waals surface area contributed by atoms with E-state index < -0.39 is 0 Å². The zero-order valence-corrected chi connectivity index (χ0v) is 17.3. The lowest BCUT2D eigenvalue weighted by atomic mass is 9.80. The van der Waals surface area contributed by atoms with Crippen molar-refractivity contribution in [2.24, 2.45) is 0 Å². The molecule has 1 aromatic carbocycles. The Labute approximate surface area is 181 Å². The van der Waals surface area contributed by atoms with Gasteiger partial charge in [-0.15, -0.1) is 0 Å².